The van der Waals surface area contributed by atoms with Crippen LogP contribution >= 0.6 is 0 Å². The van der Waals surface area contributed by atoms with Gasteiger partial charge in [0.1, 0.15) is 5.76 Å². The predicted molar refractivity (Wildman–Crippen MR) is 88.6 cm³/mol. The van der Waals surface area contributed by atoms with Crippen LogP contribution < -0.4 is 10.6 Å². The van der Waals surface area contributed by atoms with Gasteiger partial charge in [-0.2, -0.15) is 0 Å². The van der Waals surface area contributed by atoms with Crippen LogP contribution in [0.25, 0.3) is 0 Å². The van der Waals surface area contributed by atoms with Crippen molar-refractivity contribution >= 4 is 17.3 Å². The molecule has 0 bridgehead atoms. The molecule has 0 fully saturated rings. The normalized spacial score (nSPS) is 10.3. The molecular formula is C18H17N3O2. The third kappa shape index (κ3) is 3.97. The van der Waals surface area contributed by atoms with Crippen LogP contribution in [0.5, 0.6) is 0 Å². The van der Waals surface area contributed by atoms with Gasteiger partial charge in [-0.25, -0.2) is 0 Å². The number of rotatable bonds is 5. The highest BCUT2D eigenvalue weighted by Crippen LogP contribution is 2.17. The molecular weight excluding hydrogens is 290 g/mol. The molecule has 1 amide bonds. The van der Waals surface area contributed by atoms with E-state index in [9.17, 15) is 4.79 Å². The van der Waals surface area contributed by atoms with E-state index in [-0.39, 0.29) is 5.91 Å². The van der Waals surface area contributed by atoms with Crippen molar-refractivity contribution in [3.8, 4) is 0 Å². The summed E-state index contributed by atoms with van der Waals surface area (Å²) in [6.07, 6.45) is 4.80. The summed E-state index contributed by atoms with van der Waals surface area (Å²) in [6.45, 7) is 2.39. The molecule has 2 aromatic heterocycles. The first-order valence-electron chi connectivity index (χ1n) is 7.30. The largest absolute Gasteiger partial charge is 0.467 e. The van der Waals surface area contributed by atoms with Gasteiger partial charge in [-0.3, -0.25) is 9.78 Å². The fourth-order valence-corrected chi connectivity index (χ4v) is 2.12. The predicted octanol–water partition coefficient (Wildman–Crippen LogP) is 3.66. The van der Waals surface area contributed by atoms with E-state index in [1.807, 2.05) is 37.3 Å². The number of amides is 1. The molecule has 2 heterocycles. The maximum atomic E-state index is 12.2. The van der Waals surface area contributed by atoms with Crippen LogP contribution in [0.15, 0.2) is 65.5 Å². The van der Waals surface area contributed by atoms with Crippen LogP contribution in [-0.4, -0.2) is 10.9 Å². The van der Waals surface area contributed by atoms with Gasteiger partial charge in [-0.15, -0.1) is 0 Å². The van der Waals surface area contributed by atoms with Gasteiger partial charge in [0.05, 0.1) is 30.3 Å². The molecule has 2 N–H and O–H groups in total. The number of aromatic nitrogens is 1. The van der Waals surface area contributed by atoms with Gasteiger partial charge >= 0.3 is 0 Å². The Kier molecular flexibility index (Phi) is 4.38. The quantitative estimate of drug-likeness (QED) is 0.755. The maximum absolute atomic E-state index is 12.2. The average Bonchev–Trinajstić information content (AvgIpc) is 3.08. The average molecular weight is 307 g/mol. The van der Waals surface area contributed by atoms with E-state index in [2.05, 4.69) is 15.6 Å². The number of carbonyl (C=O) groups is 1. The zero-order chi connectivity index (χ0) is 16.1. The summed E-state index contributed by atoms with van der Waals surface area (Å²) in [7, 11) is 0. The fourth-order valence-electron chi connectivity index (χ4n) is 2.12. The van der Waals surface area contributed by atoms with Crippen LogP contribution in [0.4, 0.5) is 11.4 Å². The fraction of sp³-hybridized carbons (Fsp3) is 0.111. The smallest absolute Gasteiger partial charge is 0.253 e. The van der Waals surface area contributed by atoms with Gasteiger partial charge in [0.15, 0.2) is 0 Å². The number of nitrogens with zero attached hydrogens (tertiary/aromatic N) is 1. The van der Waals surface area contributed by atoms with E-state index in [0.29, 0.717) is 17.9 Å². The molecule has 3 aromatic rings. The van der Waals surface area contributed by atoms with Crippen molar-refractivity contribution in [2.45, 2.75) is 13.5 Å². The van der Waals surface area contributed by atoms with E-state index in [4.69, 9.17) is 4.42 Å². The van der Waals surface area contributed by atoms with Crippen molar-refractivity contribution in [1.82, 2.24) is 10.3 Å². The molecule has 116 valence electrons. The molecule has 0 unspecified atom stereocenters. The zero-order valence-electron chi connectivity index (χ0n) is 12.7. The van der Waals surface area contributed by atoms with E-state index in [0.717, 1.165) is 11.4 Å². The molecule has 1 aromatic carbocycles. The SMILES string of the molecule is Cc1ccc(Nc2cncc(C(=O)NCc3ccco3)c2)cc1. The molecule has 0 aliphatic rings. The van der Waals surface area contributed by atoms with Gasteiger partial charge in [0.2, 0.25) is 0 Å². The molecule has 0 spiro atoms. The Morgan fingerprint density at radius 2 is 1.96 bits per heavy atom. The second-order valence-corrected chi connectivity index (χ2v) is 5.22. The number of carbonyl (C=O) groups excluding carboxylic acids is 1. The Balaban J connectivity index is 1.66. The second-order valence-electron chi connectivity index (χ2n) is 5.22. The lowest BCUT2D eigenvalue weighted by atomic mass is 10.2. The van der Waals surface area contributed by atoms with Gasteiger partial charge in [-0.05, 0) is 37.3 Å². The highest BCUT2D eigenvalue weighted by molar-refractivity contribution is 5.94. The van der Waals surface area contributed by atoms with Crippen molar-refractivity contribution in [3.05, 3.63) is 78.0 Å². The summed E-state index contributed by atoms with van der Waals surface area (Å²) < 4.78 is 5.19. The van der Waals surface area contributed by atoms with Crippen LogP contribution in [0, 0.1) is 6.92 Å². The number of furan rings is 1. The molecule has 0 saturated carbocycles. The molecule has 0 saturated heterocycles. The first-order chi connectivity index (χ1) is 11.2. The maximum Gasteiger partial charge on any atom is 0.253 e. The van der Waals surface area contributed by atoms with Crippen LogP contribution in [0.3, 0.4) is 0 Å². The summed E-state index contributed by atoms with van der Waals surface area (Å²) in [5.74, 6) is 0.515. The molecule has 0 aliphatic carbocycles. The lowest BCUT2D eigenvalue weighted by Gasteiger charge is -2.08. The molecule has 0 aliphatic heterocycles. The topological polar surface area (TPSA) is 67.2 Å². The molecule has 0 atom stereocenters. The highest BCUT2D eigenvalue weighted by Gasteiger charge is 2.08. The van der Waals surface area contributed by atoms with E-state index in [1.54, 1.807) is 24.6 Å². The second kappa shape index (κ2) is 6.79. The Labute approximate surface area is 134 Å². The van der Waals surface area contributed by atoms with Crippen LogP contribution in [-0.2, 0) is 6.54 Å². The summed E-state index contributed by atoms with van der Waals surface area (Å²) in [4.78, 5) is 16.3. The number of anilines is 2. The minimum atomic E-state index is -0.193. The number of aryl methyl sites for hydroxylation is 1. The van der Waals surface area contributed by atoms with Crippen molar-refractivity contribution < 1.29 is 9.21 Å². The molecule has 3 rings (SSSR count). The zero-order valence-corrected chi connectivity index (χ0v) is 12.7. The highest BCUT2D eigenvalue weighted by atomic mass is 16.3. The van der Waals surface area contributed by atoms with E-state index in [1.165, 1.54) is 11.8 Å². The first kappa shape index (κ1) is 14.8. The standard InChI is InChI=1S/C18H17N3O2/c1-13-4-6-15(7-5-13)21-16-9-14(10-19-11-16)18(22)20-12-17-3-2-8-23-17/h2-11,21H,12H2,1H3,(H,20,22). The Bertz CT molecular complexity index is 780. The van der Waals surface area contributed by atoms with Crippen molar-refractivity contribution in [3.63, 3.8) is 0 Å². The Morgan fingerprint density at radius 3 is 2.70 bits per heavy atom. The number of hydrogen-bond donors (Lipinski definition) is 2. The van der Waals surface area contributed by atoms with Gasteiger partial charge in [0, 0.05) is 11.9 Å². The first-order valence-corrected chi connectivity index (χ1v) is 7.30. The van der Waals surface area contributed by atoms with Gasteiger partial charge < -0.3 is 15.1 Å². The molecule has 5 heteroatoms. The minimum absolute atomic E-state index is 0.193. The minimum Gasteiger partial charge on any atom is -0.467 e. The van der Waals surface area contributed by atoms with Gasteiger partial charge in [0.25, 0.3) is 5.91 Å². The molecule has 0 radical (unpaired) electrons. The Hall–Kier alpha value is -3.08. The molecule has 23 heavy (non-hydrogen) atoms. The lowest BCUT2D eigenvalue weighted by Crippen LogP contribution is -2.22. The van der Waals surface area contributed by atoms with Crippen molar-refractivity contribution in [2.24, 2.45) is 0 Å². The summed E-state index contributed by atoms with van der Waals surface area (Å²) in [5, 5.41) is 6.03. The van der Waals surface area contributed by atoms with E-state index >= 15 is 0 Å². The Morgan fingerprint density at radius 1 is 1.13 bits per heavy atom. The number of pyridine rings is 1. The lowest BCUT2D eigenvalue weighted by molar-refractivity contribution is 0.0947. The van der Waals surface area contributed by atoms with Gasteiger partial charge in [-0.1, -0.05) is 17.7 Å². The molecule has 5 nitrogen and oxygen atoms in total. The summed E-state index contributed by atoms with van der Waals surface area (Å²) >= 11 is 0. The monoisotopic (exact) mass is 307 g/mol. The van der Waals surface area contributed by atoms with Crippen LogP contribution in [0.1, 0.15) is 21.7 Å². The number of hydrogen-bond acceptors (Lipinski definition) is 4. The van der Waals surface area contributed by atoms with Crippen molar-refractivity contribution in [2.75, 3.05) is 5.32 Å². The van der Waals surface area contributed by atoms with Crippen molar-refractivity contribution in [1.29, 1.82) is 0 Å². The number of benzene rings is 1. The summed E-state index contributed by atoms with van der Waals surface area (Å²) in [6, 6.07) is 13.4. The summed E-state index contributed by atoms with van der Waals surface area (Å²) in [5.41, 5.74) is 3.40. The third-order valence-corrected chi connectivity index (χ3v) is 3.34. The number of nitrogens with one attached hydrogen (secondary N) is 2. The van der Waals surface area contributed by atoms with Crippen LogP contribution in [0.2, 0.25) is 0 Å². The van der Waals surface area contributed by atoms with E-state index < -0.39 is 0 Å². The third-order valence-electron chi connectivity index (χ3n) is 3.34.